The van der Waals surface area contributed by atoms with E-state index in [4.69, 9.17) is 27.4 Å². The van der Waals surface area contributed by atoms with Crippen molar-refractivity contribution in [3.05, 3.63) is 18.2 Å². The van der Waals surface area contributed by atoms with Crippen molar-refractivity contribution >= 4 is 29.0 Å². The SMILES string of the molecule is COC(=O)COc1ccc(NC(N)=S)cc1OC. The quantitative estimate of drug-likeness (QED) is 0.607. The molecule has 0 spiro atoms. The van der Waals surface area contributed by atoms with Crippen LogP contribution >= 0.6 is 12.2 Å². The summed E-state index contributed by atoms with van der Waals surface area (Å²) in [5, 5.41) is 2.92. The van der Waals surface area contributed by atoms with Crippen LogP contribution in [0.2, 0.25) is 0 Å². The third kappa shape index (κ3) is 4.10. The molecule has 7 heteroatoms. The summed E-state index contributed by atoms with van der Waals surface area (Å²) in [6.45, 7) is -0.186. The fourth-order valence-electron chi connectivity index (χ4n) is 1.20. The average Bonchev–Trinajstić information content (AvgIpc) is 2.35. The van der Waals surface area contributed by atoms with Crippen LogP contribution in [-0.4, -0.2) is 31.9 Å². The van der Waals surface area contributed by atoms with Gasteiger partial charge in [-0.1, -0.05) is 0 Å². The van der Waals surface area contributed by atoms with Gasteiger partial charge in [-0.05, 0) is 24.4 Å². The molecule has 1 rings (SSSR count). The number of anilines is 1. The van der Waals surface area contributed by atoms with Crippen LogP contribution < -0.4 is 20.5 Å². The molecule has 1 aromatic carbocycles. The monoisotopic (exact) mass is 270 g/mol. The molecule has 0 saturated heterocycles. The molecule has 0 aliphatic rings. The van der Waals surface area contributed by atoms with Crippen molar-refractivity contribution in [2.24, 2.45) is 5.73 Å². The first-order valence-electron chi connectivity index (χ1n) is 5.01. The average molecular weight is 270 g/mol. The van der Waals surface area contributed by atoms with Gasteiger partial charge in [-0.3, -0.25) is 0 Å². The molecule has 0 heterocycles. The first-order valence-corrected chi connectivity index (χ1v) is 5.41. The van der Waals surface area contributed by atoms with Crippen molar-refractivity contribution < 1.29 is 19.0 Å². The first kappa shape index (κ1) is 14.0. The van der Waals surface area contributed by atoms with Gasteiger partial charge in [-0.25, -0.2) is 4.79 Å². The number of carbonyl (C=O) groups is 1. The lowest BCUT2D eigenvalue weighted by Gasteiger charge is -2.12. The summed E-state index contributed by atoms with van der Waals surface area (Å²) in [6.07, 6.45) is 0. The molecule has 0 aliphatic carbocycles. The first-order chi connectivity index (χ1) is 8.56. The Morgan fingerprint density at radius 2 is 2.11 bits per heavy atom. The minimum atomic E-state index is -0.470. The number of ether oxygens (including phenoxy) is 3. The summed E-state index contributed by atoms with van der Waals surface area (Å²) < 4.78 is 14.9. The molecule has 0 fully saturated rings. The lowest BCUT2D eigenvalue weighted by Crippen LogP contribution is -2.19. The third-order valence-electron chi connectivity index (χ3n) is 2.00. The van der Waals surface area contributed by atoms with E-state index in [1.807, 2.05) is 0 Å². The number of hydrogen-bond acceptors (Lipinski definition) is 5. The number of rotatable bonds is 5. The molecule has 0 unspecified atom stereocenters. The van der Waals surface area contributed by atoms with Crippen LogP contribution in [0.5, 0.6) is 11.5 Å². The second-order valence-corrected chi connectivity index (χ2v) is 3.66. The molecule has 6 nitrogen and oxygen atoms in total. The van der Waals surface area contributed by atoms with Gasteiger partial charge in [-0.2, -0.15) is 0 Å². The number of nitrogens with one attached hydrogen (secondary N) is 1. The van der Waals surface area contributed by atoms with Crippen LogP contribution in [0.4, 0.5) is 5.69 Å². The van der Waals surface area contributed by atoms with Crippen molar-refractivity contribution in [1.29, 1.82) is 0 Å². The van der Waals surface area contributed by atoms with Gasteiger partial charge in [0.05, 0.1) is 14.2 Å². The molecule has 0 bridgehead atoms. The third-order valence-corrected chi connectivity index (χ3v) is 2.11. The summed E-state index contributed by atoms with van der Waals surface area (Å²) in [5.74, 6) is 0.416. The van der Waals surface area contributed by atoms with E-state index < -0.39 is 5.97 Å². The number of methoxy groups -OCH3 is 2. The van der Waals surface area contributed by atoms with Crippen molar-refractivity contribution in [3.8, 4) is 11.5 Å². The summed E-state index contributed by atoms with van der Waals surface area (Å²) >= 11 is 4.72. The van der Waals surface area contributed by atoms with Gasteiger partial charge in [0.25, 0.3) is 0 Å². The Bertz CT molecular complexity index is 451. The molecule has 0 aromatic heterocycles. The van der Waals surface area contributed by atoms with E-state index in [0.717, 1.165) is 0 Å². The van der Waals surface area contributed by atoms with Crippen LogP contribution in [0.3, 0.4) is 0 Å². The van der Waals surface area contributed by atoms with Crippen molar-refractivity contribution in [2.75, 3.05) is 26.1 Å². The second kappa shape index (κ2) is 6.65. The van der Waals surface area contributed by atoms with Gasteiger partial charge in [0.15, 0.2) is 23.2 Å². The number of esters is 1. The molecular formula is C11H14N2O4S. The molecule has 0 amide bonds. The molecular weight excluding hydrogens is 256 g/mol. The van der Waals surface area contributed by atoms with E-state index in [0.29, 0.717) is 17.2 Å². The van der Waals surface area contributed by atoms with Crippen LogP contribution in [-0.2, 0) is 9.53 Å². The predicted molar refractivity (Wildman–Crippen MR) is 70.9 cm³/mol. The Labute approximate surface area is 110 Å². The maximum Gasteiger partial charge on any atom is 0.343 e. The highest BCUT2D eigenvalue weighted by molar-refractivity contribution is 7.80. The summed E-state index contributed by atoms with van der Waals surface area (Å²) in [7, 11) is 2.78. The molecule has 1 aromatic rings. The molecule has 0 saturated carbocycles. The zero-order valence-corrected chi connectivity index (χ0v) is 10.9. The molecule has 3 N–H and O–H groups in total. The van der Waals surface area contributed by atoms with Crippen molar-refractivity contribution in [2.45, 2.75) is 0 Å². The van der Waals surface area contributed by atoms with Crippen molar-refractivity contribution in [1.82, 2.24) is 0 Å². The number of benzene rings is 1. The standard InChI is InChI=1S/C11H14N2O4S/c1-15-9-5-7(13-11(12)18)3-4-8(9)17-6-10(14)16-2/h3-5H,6H2,1-2H3,(H3,12,13,18). The van der Waals surface area contributed by atoms with Gasteiger partial charge < -0.3 is 25.3 Å². The summed E-state index contributed by atoms with van der Waals surface area (Å²) in [6, 6.07) is 5.00. The van der Waals surface area contributed by atoms with Crippen LogP contribution in [0.15, 0.2) is 18.2 Å². The zero-order valence-electron chi connectivity index (χ0n) is 10.1. The number of nitrogens with two attached hydrogens (primary N) is 1. The molecule has 0 aliphatic heterocycles. The van der Waals surface area contributed by atoms with Crippen molar-refractivity contribution in [3.63, 3.8) is 0 Å². The fourth-order valence-corrected chi connectivity index (χ4v) is 1.32. The highest BCUT2D eigenvalue weighted by Crippen LogP contribution is 2.30. The number of thiocarbonyl (C=S) groups is 1. The largest absolute Gasteiger partial charge is 0.493 e. The molecule has 98 valence electrons. The number of hydrogen-bond donors (Lipinski definition) is 2. The van der Waals surface area contributed by atoms with E-state index in [9.17, 15) is 4.79 Å². The lowest BCUT2D eigenvalue weighted by molar-refractivity contribution is -0.142. The van der Waals surface area contributed by atoms with E-state index in [2.05, 4.69) is 10.1 Å². The van der Waals surface area contributed by atoms with Crippen LogP contribution in [0.25, 0.3) is 0 Å². The minimum absolute atomic E-state index is 0.153. The summed E-state index contributed by atoms with van der Waals surface area (Å²) in [5.41, 5.74) is 6.03. The summed E-state index contributed by atoms with van der Waals surface area (Å²) in [4.78, 5) is 11.0. The zero-order chi connectivity index (χ0) is 13.5. The van der Waals surface area contributed by atoms with Crippen LogP contribution in [0.1, 0.15) is 0 Å². The normalized spacial score (nSPS) is 9.44. The van der Waals surface area contributed by atoms with Gasteiger partial charge in [0.1, 0.15) is 0 Å². The fraction of sp³-hybridized carbons (Fsp3) is 0.273. The van der Waals surface area contributed by atoms with Gasteiger partial charge in [0.2, 0.25) is 0 Å². The van der Waals surface area contributed by atoms with E-state index in [1.54, 1.807) is 18.2 Å². The Morgan fingerprint density at radius 3 is 2.67 bits per heavy atom. The van der Waals surface area contributed by atoms with E-state index in [-0.39, 0.29) is 11.7 Å². The Kier molecular flexibility index (Phi) is 5.19. The number of carbonyl (C=O) groups excluding carboxylic acids is 1. The van der Waals surface area contributed by atoms with Gasteiger partial charge in [0, 0.05) is 11.8 Å². The minimum Gasteiger partial charge on any atom is -0.493 e. The van der Waals surface area contributed by atoms with Gasteiger partial charge in [-0.15, -0.1) is 0 Å². The van der Waals surface area contributed by atoms with Crippen LogP contribution in [0, 0.1) is 0 Å². The maximum atomic E-state index is 11.0. The molecule has 18 heavy (non-hydrogen) atoms. The molecule has 0 radical (unpaired) electrons. The van der Waals surface area contributed by atoms with E-state index in [1.165, 1.54) is 14.2 Å². The Balaban J connectivity index is 2.79. The maximum absolute atomic E-state index is 11.0. The smallest absolute Gasteiger partial charge is 0.343 e. The second-order valence-electron chi connectivity index (χ2n) is 3.22. The molecule has 0 atom stereocenters. The Hall–Kier alpha value is -2.02. The van der Waals surface area contributed by atoms with E-state index >= 15 is 0 Å². The Morgan fingerprint density at radius 1 is 1.39 bits per heavy atom. The predicted octanol–water partition coefficient (Wildman–Crippen LogP) is 0.903. The highest BCUT2D eigenvalue weighted by atomic mass is 32.1. The highest BCUT2D eigenvalue weighted by Gasteiger charge is 2.08. The topological polar surface area (TPSA) is 82.8 Å². The lowest BCUT2D eigenvalue weighted by atomic mass is 10.3. The van der Waals surface area contributed by atoms with Gasteiger partial charge >= 0.3 is 5.97 Å².